The summed E-state index contributed by atoms with van der Waals surface area (Å²) in [5, 5.41) is 3.55. The fraction of sp³-hybridized carbons (Fsp3) is 0.438. The van der Waals surface area contributed by atoms with Gasteiger partial charge in [-0.05, 0) is 44.7 Å². The zero-order chi connectivity index (χ0) is 15.6. The van der Waals surface area contributed by atoms with Crippen LogP contribution in [0.4, 0.5) is 4.39 Å². The predicted octanol–water partition coefficient (Wildman–Crippen LogP) is 2.57. The van der Waals surface area contributed by atoms with Gasteiger partial charge in [0.05, 0.1) is 0 Å². The van der Waals surface area contributed by atoms with Gasteiger partial charge in [-0.2, -0.15) is 0 Å². The quantitative estimate of drug-likeness (QED) is 0.889. The second-order valence-corrected chi connectivity index (χ2v) is 5.56. The van der Waals surface area contributed by atoms with Crippen LogP contribution in [0.2, 0.25) is 0 Å². The fourth-order valence-electron chi connectivity index (χ4n) is 2.44. The summed E-state index contributed by atoms with van der Waals surface area (Å²) in [6.07, 6.45) is 0.459. The number of nitrogens with zero attached hydrogens (tertiary/aromatic N) is 1. The van der Waals surface area contributed by atoms with E-state index in [2.05, 4.69) is 15.2 Å². The first-order valence-electron chi connectivity index (χ1n) is 7.10. The van der Waals surface area contributed by atoms with Crippen molar-refractivity contribution >= 4 is 16.8 Å². The molecule has 0 spiro atoms. The van der Waals surface area contributed by atoms with E-state index >= 15 is 0 Å². The number of fused-ring (bicyclic) bond motifs is 1. The molecule has 0 aliphatic carbocycles. The fourth-order valence-corrected chi connectivity index (χ4v) is 2.44. The number of rotatable bonds is 5. The number of aromatic nitrogens is 1. The van der Waals surface area contributed by atoms with Crippen molar-refractivity contribution in [3.8, 4) is 0 Å². The SMILES string of the molecule is CNC(=O)C[C@@H](C)N(C)Cc1[nH]c2ccc(F)cc2c1C. The van der Waals surface area contributed by atoms with Crippen LogP contribution in [0.5, 0.6) is 0 Å². The molecule has 0 saturated carbocycles. The van der Waals surface area contributed by atoms with Gasteiger partial charge < -0.3 is 10.3 Å². The minimum atomic E-state index is -0.225. The van der Waals surface area contributed by atoms with E-state index in [1.807, 2.05) is 20.9 Å². The Morgan fingerprint density at radius 2 is 2.19 bits per heavy atom. The van der Waals surface area contributed by atoms with Crippen LogP contribution in [0, 0.1) is 12.7 Å². The van der Waals surface area contributed by atoms with Crippen molar-refractivity contribution in [3.63, 3.8) is 0 Å². The van der Waals surface area contributed by atoms with Gasteiger partial charge in [0.1, 0.15) is 5.82 Å². The Kier molecular flexibility index (Phi) is 4.63. The first-order chi connectivity index (χ1) is 9.92. The molecule has 0 saturated heterocycles. The van der Waals surface area contributed by atoms with Crippen molar-refractivity contribution in [3.05, 3.63) is 35.3 Å². The number of H-pyrrole nitrogens is 1. The molecule has 1 atom stereocenters. The number of benzene rings is 1. The van der Waals surface area contributed by atoms with Gasteiger partial charge in [-0.25, -0.2) is 4.39 Å². The van der Waals surface area contributed by atoms with Crippen molar-refractivity contribution in [2.45, 2.75) is 32.9 Å². The topological polar surface area (TPSA) is 48.1 Å². The molecule has 5 heteroatoms. The Labute approximate surface area is 124 Å². The third kappa shape index (κ3) is 3.42. The maximum absolute atomic E-state index is 13.3. The van der Waals surface area contributed by atoms with Crippen molar-refractivity contribution in [1.29, 1.82) is 0 Å². The molecule has 2 aromatic rings. The van der Waals surface area contributed by atoms with Crippen molar-refractivity contribution < 1.29 is 9.18 Å². The van der Waals surface area contributed by atoms with Crippen molar-refractivity contribution in [1.82, 2.24) is 15.2 Å². The molecule has 1 heterocycles. The van der Waals surface area contributed by atoms with Gasteiger partial charge in [0.2, 0.25) is 5.91 Å². The molecule has 0 bridgehead atoms. The molecule has 0 aliphatic heterocycles. The lowest BCUT2D eigenvalue weighted by Crippen LogP contribution is -2.34. The minimum absolute atomic E-state index is 0.0322. The number of aromatic amines is 1. The average molecular weight is 291 g/mol. The molecule has 21 heavy (non-hydrogen) atoms. The number of carbonyl (C=O) groups is 1. The van der Waals surface area contributed by atoms with Gasteiger partial charge in [-0.3, -0.25) is 9.69 Å². The number of hydrogen-bond acceptors (Lipinski definition) is 2. The van der Waals surface area contributed by atoms with E-state index in [4.69, 9.17) is 0 Å². The standard InChI is InChI=1S/C16H22FN3O/c1-10(7-16(21)18-3)20(4)9-15-11(2)13-8-12(17)5-6-14(13)19-15/h5-6,8,10,19H,7,9H2,1-4H3,(H,18,21)/t10-/m1/s1. The second kappa shape index (κ2) is 6.26. The Hall–Kier alpha value is -1.88. The van der Waals surface area contributed by atoms with Gasteiger partial charge in [0.25, 0.3) is 0 Å². The summed E-state index contributed by atoms with van der Waals surface area (Å²) < 4.78 is 13.3. The number of aryl methyl sites for hydroxylation is 1. The lowest BCUT2D eigenvalue weighted by Gasteiger charge is -2.23. The van der Waals surface area contributed by atoms with E-state index in [0.717, 1.165) is 22.2 Å². The van der Waals surface area contributed by atoms with Crippen LogP contribution in [0.3, 0.4) is 0 Å². The number of carbonyl (C=O) groups excluding carboxylic acids is 1. The molecule has 1 aromatic carbocycles. The molecule has 0 unspecified atom stereocenters. The Morgan fingerprint density at radius 1 is 1.48 bits per heavy atom. The molecular formula is C16H22FN3O. The van der Waals surface area contributed by atoms with Crippen LogP contribution in [0.15, 0.2) is 18.2 Å². The number of nitrogens with one attached hydrogen (secondary N) is 2. The van der Waals surface area contributed by atoms with Crippen molar-refractivity contribution in [2.75, 3.05) is 14.1 Å². The monoisotopic (exact) mass is 291 g/mol. The van der Waals surface area contributed by atoms with Gasteiger partial charge in [0.15, 0.2) is 0 Å². The highest BCUT2D eigenvalue weighted by molar-refractivity contribution is 5.84. The molecule has 4 nitrogen and oxygen atoms in total. The Morgan fingerprint density at radius 3 is 2.86 bits per heavy atom. The maximum atomic E-state index is 13.3. The maximum Gasteiger partial charge on any atom is 0.221 e. The summed E-state index contributed by atoms with van der Waals surface area (Å²) in [6.45, 7) is 4.71. The smallest absolute Gasteiger partial charge is 0.221 e. The normalized spacial score (nSPS) is 12.9. The summed E-state index contributed by atoms with van der Waals surface area (Å²) in [4.78, 5) is 16.9. The van der Waals surface area contributed by atoms with Crippen LogP contribution >= 0.6 is 0 Å². The van der Waals surface area contributed by atoms with Gasteiger partial charge in [-0.15, -0.1) is 0 Å². The molecule has 1 aromatic heterocycles. The van der Waals surface area contributed by atoms with Gasteiger partial charge in [-0.1, -0.05) is 0 Å². The largest absolute Gasteiger partial charge is 0.359 e. The van der Waals surface area contributed by atoms with E-state index in [1.54, 1.807) is 19.2 Å². The Balaban J connectivity index is 2.15. The van der Waals surface area contributed by atoms with Crippen LogP contribution in [0.1, 0.15) is 24.6 Å². The average Bonchev–Trinajstić information content (AvgIpc) is 2.75. The molecular weight excluding hydrogens is 269 g/mol. The Bertz CT molecular complexity index is 650. The van der Waals surface area contributed by atoms with Crippen LogP contribution in [0.25, 0.3) is 10.9 Å². The highest BCUT2D eigenvalue weighted by Crippen LogP contribution is 2.23. The number of halogens is 1. The second-order valence-electron chi connectivity index (χ2n) is 5.56. The van der Waals surface area contributed by atoms with Crippen molar-refractivity contribution in [2.24, 2.45) is 0 Å². The van der Waals surface area contributed by atoms with Gasteiger partial charge >= 0.3 is 0 Å². The molecule has 114 valence electrons. The first kappa shape index (κ1) is 15.5. The van der Waals surface area contributed by atoms with E-state index < -0.39 is 0 Å². The molecule has 0 radical (unpaired) electrons. The molecule has 2 rings (SSSR count). The molecule has 2 N–H and O–H groups in total. The van der Waals surface area contributed by atoms with Crippen LogP contribution in [-0.2, 0) is 11.3 Å². The lowest BCUT2D eigenvalue weighted by molar-refractivity contribution is -0.121. The van der Waals surface area contributed by atoms with Crippen LogP contribution in [-0.4, -0.2) is 35.9 Å². The number of amides is 1. The molecule has 1 amide bonds. The minimum Gasteiger partial charge on any atom is -0.359 e. The third-order valence-electron chi connectivity index (χ3n) is 4.04. The van der Waals surface area contributed by atoms with Gasteiger partial charge in [0, 0.05) is 42.7 Å². The summed E-state index contributed by atoms with van der Waals surface area (Å²) in [5.74, 6) is -0.192. The number of hydrogen-bond donors (Lipinski definition) is 2. The highest BCUT2D eigenvalue weighted by atomic mass is 19.1. The third-order valence-corrected chi connectivity index (χ3v) is 4.04. The van der Waals surface area contributed by atoms with E-state index in [9.17, 15) is 9.18 Å². The molecule has 0 aliphatic rings. The summed E-state index contributed by atoms with van der Waals surface area (Å²) in [5.41, 5.74) is 3.06. The van der Waals surface area contributed by atoms with Crippen LogP contribution < -0.4 is 5.32 Å². The summed E-state index contributed by atoms with van der Waals surface area (Å²) >= 11 is 0. The summed E-state index contributed by atoms with van der Waals surface area (Å²) in [7, 11) is 3.63. The molecule has 0 fully saturated rings. The predicted molar refractivity (Wildman–Crippen MR) is 82.6 cm³/mol. The first-order valence-corrected chi connectivity index (χ1v) is 7.10. The highest BCUT2D eigenvalue weighted by Gasteiger charge is 2.16. The van der Waals surface area contributed by atoms with E-state index in [-0.39, 0.29) is 17.8 Å². The van der Waals surface area contributed by atoms with E-state index in [0.29, 0.717) is 13.0 Å². The van der Waals surface area contributed by atoms with E-state index in [1.165, 1.54) is 6.07 Å². The zero-order valence-corrected chi connectivity index (χ0v) is 13.0. The lowest BCUT2D eigenvalue weighted by atomic mass is 10.1. The zero-order valence-electron chi connectivity index (χ0n) is 13.0. The summed E-state index contributed by atoms with van der Waals surface area (Å²) in [6, 6.07) is 4.90.